The van der Waals surface area contributed by atoms with E-state index in [0.29, 0.717) is 18.5 Å². The normalized spacial score (nSPS) is 23.9. The highest BCUT2D eigenvalue weighted by Gasteiger charge is 2.19. The third-order valence-electron chi connectivity index (χ3n) is 3.36. The highest BCUT2D eigenvalue weighted by molar-refractivity contribution is 9.11. The number of hydrogen-bond donors (Lipinski definition) is 2. The Balaban J connectivity index is 1.69. The standard InChI is InChI=1S/C13H19BrN2OS/c14-12-7-5-11(18-12)6-8-13(17)16-10-3-1-9(15)2-4-10/h5,7,9-10H,1-4,6,8,15H2,(H,16,17). The number of nitrogens with one attached hydrogen (secondary N) is 1. The van der Waals surface area contributed by atoms with Crippen LogP contribution in [0.1, 0.15) is 37.0 Å². The Labute approximate surface area is 120 Å². The fourth-order valence-corrected chi connectivity index (χ4v) is 3.77. The lowest BCUT2D eigenvalue weighted by Gasteiger charge is -2.26. The van der Waals surface area contributed by atoms with Gasteiger partial charge in [-0.25, -0.2) is 0 Å². The van der Waals surface area contributed by atoms with Crippen molar-refractivity contribution < 1.29 is 4.79 Å². The van der Waals surface area contributed by atoms with Gasteiger partial charge < -0.3 is 11.1 Å². The predicted octanol–water partition coefficient (Wildman–Crippen LogP) is 2.83. The number of hydrogen-bond acceptors (Lipinski definition) is 3. The molecule has 1 fully saturated rings. The summed E-state index contributed by atoms with van der Waals surface area (Å²) in [4.78, 5) is 13.1. The molecule has 1 aliphatic carbocycles. The summed E-state index contributed by atoms with van der Waals surface area (Å²) >= 11 is 5.13. The Kier molecular flexibility index (Phi) is 5.21. The molecule has 3 N–H and O–H groups in total. The summed E-state index contributed by atoms with van der Waals surface area (Å²) in [7, 11) is 0. The summed E-state index contributed by atoms with van der Waals surface area (Å²) in [6.07, 6.45) is 5.52. The molecule has 1 aliphatic rings. The van der Waals surface area contributed by atoms with Gasteiger partial charge in [0.05, 0.1) is 3.79 Å². The largest absolute Gasteiger partial charge is 0.353 e. The Morgan fingerprint density at radius 3 is 2.72 bits per heavy atom. The molecule has 2 rings (SSSR count). The van der Waals surface area contributed by atoms with Gasteiger partial charge >= 0.3 is 0 Å². The van der Waals surface area contributed by atoms with E-state index >= 15 is 0 Å². The molecule has 1 aromatic heterocycles. The molecule has 0 bridgehead atoms. The minimum Gasteiger partial charge on any atom is -0.353 e. The zero-order valence-corrected chi connectivity index (χ0v) is 12.7. The summed E-state index contributed by atoms with van der Waals surface area (Å²) in [6.45, 7) is 0. The molecular weight excluding hydrogens is 312 g/mol. The van der Waals surface area contributed by atoms with Crippen molar-refractivity contribution >= 4 is 33.2 Å². The van der Waals surface area contributed by atoms with Gasteiger partial charge in [0.25, 0.3) is 0 Å². The number of amides is 1. The molecule has 0 radical (unpaired) electrons. The lowest BCUT2D eigenvalue weighted by Crippen LogP contribution is -2.40. The van der Waals surface area contributed by atoms with Crippen molar-refractivity contribution in [1.29, 1.82) is 0 Å². The molecule has 18 heavy (non-hydrogen) atoms. The van der Waals surface area contributed by atoms with E-state index < -0.39 is 0 Å². The molecule has 0 aromatic carbocycles. The summed E-state index contributed by atoms with van der Waals surface area (Å²) in [5, 5.41) is 3.11. The zero-order chi connectivity index (χ0) is 13.0. The molecule has 1 aromatic rings. The zero-order valence-electron chi connectivity index (χ0n) is 10.3. The Morgan fingerprint density at radius 2 is 2.11 bits per heavy atom. The van der Waals surface area contributed by atoms with Gasteiger partial charge in [-0.3, -0.25) is 4.79 Å². The second-order valence-corrected chi connectivity index (χ2v) is 7.43. The first kappa shape index (κ1) is 14.0. The van der Waals surface area contributed by atoms with Crippen molar-refractivity contribution in [2.45, 2.75) is 50.6 Å². The van der Waals surface area contributed by atoms with Crippen LogP contribution < -0.4 is 11.1 Å². The van der Waals surface area contributed by atoms with Crippen molar-refractivity contribution in [3.8, 4) is 0 Å². The van der Waals surface area contributed by atoms with Crippen LogP contribution in [0.5, 0.6) is 0 Å². The lowest BCUT2D eigenvalue weighted by molar-refractivity contribution is -0.122. The SMILES string of the molecule is NC1CCC(NC(=O)CCc2ccc(Br)s2)CC1. The summed E-state index contributed by atoms with van der Waals surface area (Å²) in [5.74, 6) is 0.167. The third kappa shape index (κ3) is 4.37. The second kappa shape index (κ2) is 6.68. The number of carbonyl (C=O) groups is 1. The van der Waals surface area contributed by atoms with E-state index in [0.717, 1.165) is 35.9 Å². The average Bonchev–Trinajstić information content (AvgIpc) is 2.76. The van der Waals surface area contributed by atoms with Crippen LogP contribution in [-0.4, -0.2) is 18.0 Å². The highest BCUT2D eigenvalue weighted by Crippen LogP contribution is 2.23. The minimum absolute atomic E-state index is 0.167. The quantitative estimate of drug-likeness (QED) is 0.891. The lowest BCUT2D eigenvalue weighted by atomic mass is 9.92. The van der Waals surface area contributed by atoms with Gasteiger partial charge in [-0.15, -0.1) is 11.3 Å². The van der Waals surface area contributed by atoms with Gasteiger partial charge in [-0.2, -0.15) is 0 Å². The van der Waals surface area contributed by atoms with Gasteiger partial charge in [0.1, 0.15) is 0 Å². The first-order valence-corrected chi connectivity index (χ1v) is 8.03. The van der Waals surface area contributed by atoms with Crippen molar-refractivity contribution in [1.82, 2.24) is 5.32 Å². The molecule has 1 heterocycles. The number of rotatable bonds is 4. The highest BCUT2D eigenvalue weighted by atomic mass is 79.9. The molecule has 0 atom stereocenters. The Hall–Kier alpha value is -0.390. The molecule has 0 aliphatic heterocycles. The van der Waals surface area contributed by atoms with Crippen LogP contribution in [0.2, 0.25) is 0 Å². The smallest absolute Gasteiger partial charge is 0.220 e. The minimum atomic E-state index is 0.167. The van der Waals surface area contributed by atoms with Crippen molar-refractivity contribution in [3.05, 3.63) is 20.8 Å². The van der Waals surface area contributed by atoms with Crippen LogP contribution >= 0.6 is 27.3 Å². The first-order chi connectivity index (χ1) is 8.63. The molecule has 0 unspecified atom stereocenters. The fraction of sp³-hybridized carbons (Fsp3) is 0.615. The molecule has 1 amide bonds. The molecule has 1 saturated carbocycles. The van der Waals surface area contributed by atoms with Crippen LogP contribution in [0.25, 0.3) is 0 Å². The Morgan fingerprint density at radius 1 is 1.39 bits per heavy atom. The van der Waals surface area contributed by atoms with E-state index in [1.807, 2.05) is 6.07 Å². The molecule has 0 saturated heterocycles. The number of nitrogens with two attached hydrogens (primary N) is 1. The van der Waals surface area contributed by atoms with Gasteiger partial charge in [0, 0.05) is 23.4 Å². The first-order valence-electron chi connectivity index (χ1n) is 6.42. The van der Waals surface area contributed by atoms with Crippen molar-refractivity contribution in [2.24, 2.45) is 5.73 Å². The number of thiophene rings is 1. The van der Waals surface area contributed by atoms with Crippen LogP contribution in [-0.2, 0) is 11.2 Å². The maximum Gasteiger partial charge on any atom is 0.220 e. The van der Waals surface area contributed by atoms with E-state index in [-0.39, 0.29) is 5.91 Å². The van der Waals surface area contributed by atoms with Gasteiger partial charge in [-0.05, 0) is 60.2 Å². The molecule has 5 heteroatoms. The molecule has 100 valence electrons. The number of halogens is 1. The summed E-state index contributed by atoms with van der Waals surface area (Å²) in [6, 6.07) is 4.77. The molecule has 0 spiro atoms. The van der Waals surface area contributed by atoms with E-state index in [2.05, 4.69) is 27.3 Å². The topological polar surface area (TPSA) is 55.1 Å². The van der Waals surface area contributed by atoms with E-state index in [9.17, 15) is 4.79 Å². The maximum absolute atomic E-state index is 11.8. The van der Waals surface area contributed by atoms with Gasteiger partial charge in [0.2, 0.25) is 5.91 Å². The van der Waals surface area contributed by atoms with E-state index in [1.54, 1.807) is 11.3 Å². The third-order valence-corrected chi connectivity index (χ3v) is 5.05. The van der Waals surface area contributed by atoms with Gasteiger partial charge in [0.15, 0.2) is 0 Å². The Bertz CT molecular complexity index is 399. The predicted molar refractivity (Wildman–Crippen MR) is 78.7 cm³/mol. The summed E-state index contributed by atoms with van der Waals surface area (Å²) < 4.78 is 1.12. The van der Waals surface area contributed by atoms with Gasteiger partial charge in [-0.1, -0.05) is 0 Å². The van der Waals surface area contributed by atoms with Crippen LogP contribution in [0.3, 0.4) is 0 Å². The number of carbonyl (C=O) groups excluding carboxylic acids is 1. The second-order valence-electron chi connectivity index (χ2n) is 4.89. The van der Waals surface area contributed by atoms with Crippen molar-refractivity contribution in [2.75, 3.05) is 0 Å². The van der Waals surface area contributed by atoms with Crippen LogP contribution in [0.15, 0.2) is 15.9 Å². The van der Waals surface area contributed by atoms with E-state index in [4.69, 9.17) is 5.73 Å². The summed E-state index contributed by atoms with van der Waals surface area (Å²) in [5.41, 5.74) is 5.85. The van der Waals surface area contributed by atoms with Crippen LogP contribution in [0, 0.1) is 0 Å². The van der Waals surface area contributed by atoms with E-state index in [1.165, 1.54) is 4.88 Å². The van der Waals surface area contributed by atoms with Crippen LogP contribution in [0.4, 0.5) is 0 Å². The fourth-order valence-electron chi connectivity index (χ4n) is 2.29. The maximum atomic E-state index is 11.8. The monoisotopic (exact) mass is 330 g/mol. The molecular formula is C13H19BrN2OS. The number of aryl methyl sites for hydroxylation is 1. The average molecular weight is 331 g/mol. The van der Waals surface area contributed by atoms with Crippen molar-refractivity contribution in [3.63, 3.8) is 0 Å². The molecule has 3 nitrogen and oxygen atoms in total.